The third-order valence-electron chi connectivity index (χ3n) is 3.25. The maximum atomic E-state index is 5.80. The SMILES string of the molecule is CC(C)[C@@H]1C[C@H]1CN=C(N)Nc1ccccn1. The summed E-state index contributed by atoms with van der Waals surface area (Å²) in [5.74, 6) is 3.52. The summed E-state index contributed by atoms with van der Waals surface area (Å²) in [4.78, 5) is 8.49. The number of anilines is 1. The number of nitrogens with zero attached hydrogens (tertiary/aromatic N) is 2. The van der Waals surface area contributed by atoms with E-state index < -0.39 is 0 Å². The summed E-state index contributed by atoms with van der Waals surface area (Å²) in [7, 11) is 0. The van der Waals surface area contributed by atoms with E-state index in [1.54, 1.807) is 6.20 Å². The summed E-state index contributed by atoms with van der Waals surface area (Å²) < 4.78 is 0. The van der Waals surface area contributed by atoms with E-state index in [9.17, 15) is 0 Å². The van der Waals surface area contributed by atoms with Crippen LogP contribution in [0.4, 0.5) is 5.82 Å². The van der Waals surface area contributed by atoms with Gasteiger partial charge in [0.15, 0.2) is 5.96 Å². The molecule has 0 unspecified atom stereocenters. The monoisotopic (exact) mass is 232 g/mol. The highest BCUT2D eigenvalue weighted by Gasteiger charge is 2.38. The van der Waals surface area contributed by atoms with Crippen LogP contribution in [0.2, 0.25) is 0 Å². The molecule has 1 aromatic rings. The van der Waals surface area contributed by atoms with Crippen molar-refractivity contribution in [2.24, 2.45) is 28.5 Å². The molecule has 0 saturated heterocycles. The van der Waals surface area contributed by atoms with Crippen LogP contribution in [0.25, 0.3) is 0 Å². The fourth-order valence-corrected chi connectivity index (χ4v) is 2.12. The maximum Gasteiger partial charge on any atom is 0.194 e. The molecule has 0 amide bonds. The molecule has 2 rings (SSSR count). The normalized spacial score (nSPS) is 23.8. The van der Waals surface area contributed by atoms with E-state index in [4.69, 9.17) is 5.73 Å². The van der Waals surface area contributed by atoms with Gasteiger partial charge in [0.25, 0.3) is 0 Å². The van der Waals surface area contributed by atoms with Crippen molar-refractivity contribution in [2.75, 3.05) is 11.9 Å². The van der Waals surface area contributed by atoms with Crippen LogP contribution in [0.5, 0.6) is 0 Å². The molecule has 92 valence electrons. The average molecular weight is 232 g/mol. The van der Waals surface area contributed by atoms with Crippen LogP contribution < -0.4 is 11.1 Å². The van der Waals surface area contributed by atoms with Gasteiger partial charge in [0, 0.05) is 12.7 Å². The fourth-order valence-electron chi connectivity index (χ4n) is 2.12. The Morgan fingerprint density at radius 2 is 2.41 bits per heavy atom. The number of aliphatic imine (C=N–C) groups is 1. The molecule has 0 aliphatic heterocycles. The lowest BCUT2D eigenvalue weighted by Crippen LogP contribution is -2.23. The van der Waals surface area contributed by atoms with E-state index in [2.05, 4.69) is 29.1 Å². The number of guanidine groups is 1. The van der Waals surface area contributed by atoms with Gasteiger partial charge in [0.1, 0.15) is 5.82 Å². The molecule has 1 fully saturated rings. The van der Waals surface area contributed by atoms with Gasteiger partial charge in [-0.25, -0.2) is 4.98 Å². The number of pyridine rings is 1. The van der Waals surface area contributed by atoms with Crippen molar-refractivity contribution < 1.29 is 0 Å². The molecule has 4 heteroatoms. The van der Waals surface area contributed by atoms with Gasteiger partial charge in [-0.3, -0.25) is 4.99 Å². The summed E-state index contributed by atoms with van der Waals surface area (Å²) in [5.41, 5.74) is 5.80. The Morgan fingerprint density at radius 1 is 1.59 bits per heavy atom. The molecule has 1 aliphatic rings. The molecule has 0 bridgehead atoms. The molecule has 0 spiro atoms. The third kappa shape index (κ3) is 3.44. The van der Waals surface area contributed by atoms with Crippen molar-refractivity contribution in [1.29, 1.82) is 0 Å². The van der Waals surface area contributed by atoms with Crippen LogP contribution in [0.3, 0.4) is 0 Å². The fraction of sp³-hybridized carbons (Fsp3) is 0.538. The maximum absolute atomic E-state index is 5.80. The minimum Gasteiger partial charge on any atom is -0.370 e. The molecule has 17 heavy (non-hydrogen) atoms. The van der Waals surface area contributed by atoms with Crippen molar-refractivity contribution in [3.05, 3.63) is 24.4 Å². The first-order chi connectivity index (χ1) is 8.16. The number of nitrogens with one attached hydrogen (secondary N) is 1. The Kier molecular flexibility index (Phi) is 3.61. The minimum atomic E-state index is 0.457. The highest BCUT2D eigenvalue weighted by atomic mass is 15.1. The summed E-state index contributed by atoms with van der Waals surface area (Å²) in [5, 5.41) is 2.99. The van der Waals surface area contributed by atoms with Crippen LogP contribution in [-0.4, -0.2) is 17.5 Å². The third-order valence-corrected chi connectivity index (χ3v) is 3.25. The van der Waals surface area contributed by atoms with Gasteiger partial charge in [-0.1, -0.05) is 19.9 Å². The largest absolute Gasteiger partial charge is 0.370 e. The predicted molar refractivity (Wildman–Crippen MR) is 70.8 cm³/mol. The zero-order valence-electron chi connectivity index (χ0n) is 10.4. The predicted octanol–water partition coefficient (Wildman–Crippen LogP) is 2.10. The molecule has 0 radical (unpaired) electrons. The lowest BCUT2D eigenvalue weighted by molar-refractivity contribution is 0.521. The number of hydrogen-bond acceptors (Lipinski definition) is 2. The summed E-state index contributed by atoms with van der Waals surface area (Å²) in [6.45, 7) is 5.36. The van der Waals surface area contributed by atoms with Crippen molar-refractivity contribution in [2.45, 2.75) is 20.3 Å². The molecular formula is C13H20N4. The van der Waals surface area contributed by atoms with Crippen LogP contribution in [0.15, 0.2) is 29.4 Å². The van der Waals surface area contributed by atoms with E-state index in [1.807, 2.05) is 18.2 Å². The molecule has 0 aromatic carbocycles. The molecule has 1 aromatic heterocycles. The van der Waals surface area contributed by atoms with Gasteiger partial charge in [-0.2, -0.15) is 0 Å². The van der Waals surface area contributed by atoms with Gasteiger partial charge in [0.2, 0.25) is 0 Å². The lowest BCUT2D eigenvalue weighted by atomic mass is 10.1. The highest BCUT2D eigenvalue weighted by molar-refractivity contribution is 5.91. The zero-order chi connectivity index (χ0) is 12.3. The van der Waals surface area contributed by atoms with E-state index in [0.29, 0.717) is 5.96 Å². The molecule has 4 nitrogen and oxygen atoms in total. The lowest BCUT2D eigenvalue weighted by Gasteiger charge is -2.04. The smallest absolute Gasteiger partial charge is 0.194 e. The Morgan fingerprint density at radius 3 is 3.00 bits per heavy atom. The number of rotatable bonds is 4. The zero-order valence-corrected chi connectivity index (χ0v) is 10.4. The second-order valence-corrected chi connectivity index (χ2v) is 4.97. The van der Waals surface area contributed by atoms with E-state index in [0.717, 1.165) is 30.1 Å². The minimum absolute atomic E-state index is 0.457. The van der Waals surface area contributed by atoms with Crippen LogP contribution in [0, 0.1) is 17.8 Å². The van der Waals surface area contributed by atoms with Crippen molar-refractivity contribution in [3.8, 4) is 0 Å². The van der Waals surface area contributed by atoms with Crippen molar-refractivity contribution >= 4 is 11.8 Å². The number of hydrogen-bond donors (Lipinski definition) is 2. The van der Waals surface area contributed by atoms with Gasteiger partial charge in [-0.15, -0.1) is 0 Å². The molecule has 3 N–H and O–H groups in total. The first kappa shape index (κ1) is 11.9. The molecule has 1 aliphatic carbocycles. The van der Waals surface area contributed by atoms with E-state index >= 15 is 0 Å². The molecular weight excluding hydrogens is 212 g/mol. The van der Waals surface area contributed by atoms with E-state index in [1.165, 1.54) is 6.42 Å². The Hall–Kier alpha value is -1.58. The van der Waals surface area contributed by atoms with Gasteiger partial charge in [0.05, 0.1) is 0 Å². The quantitative estimate of drug-likeness (QED) is 0.617. The van der Waals surface area contributed by atoms with Gasteiger partial charge < -0.3 is 11.1 Å². The summed E-state index contributed by atoms with van der Waals surface area (Å²) in [6, 6.07) is 5.66. The molecule has 2 atom stereocenters. The first-order valence-corrected chi connectivity index (χ1v) is 6.15. The molecule has 1 heterocycles. The average Bonchev–Trinajstić information content (AvgIpc) is 3.07. The molecule has 1 saturated carbocycles. The first-order valence-electron chi connectivity index (χ1n) is 6.15. The van der Waals surface area contributed by atoms with Crippen LogP contribution in [0.1, 0.15) is 20.3 Å². The van der Waals surface area contributed by atoms with Crippen molar-refractivity contribution in [1.82, 2.24) is 4.98 Å². The Bertz CT molecular complexity index is 386. The number of aromatic nitrogens is 1. The van der Waals surface area contributed by atoms with E-state index in [-0.39, 0.29) is 0 Å². The topological polar surface area (TPSA) is 63.3 Å². The Balaban J connectivity index is 1.79. The van der Waals surface area contributed by atoms with Gasteiger partial charge >= 0.3 is 0 Å². The second kappa shape index (κ2) is 5.17. The Labute approximate surface area is 102 Å². The summed E-state index contributed by atoms with van der Waals surface area (Å²) in [6.07, 6.45) is 3.02. The van der Waals surface area contributed by atoms with Gasteiger partial charge in [-0.05, 0) is 36.3 Å². The number of nitrogens with two attached hydrogens (primary N) is 1. The summed E-state index contributed by atoms with van der Waals surface area (Å²) >= 11 is 0. The van der Waals surface area contributed by atoms with Crippen molar-refractivity contribution in [3.63, 3.8) is 0 Å². The highest BCUT2D eigenvalue weighted by Crippen LogP contribution is 2.44. The van der Waals surface area contributed by atoms with Crippen LogP contribution >= 0.6 is 0 Å². The van der Waals surface area contributed by atoms with Crippen LogP contribution in [-0.2, 0) is 0 Å². The standard InChI is InChI=1S/C13H20N4/c1-9(2)11-7-10(11)8-16-13(14)17-12-5-3-4-6-15-12/h3-6,9-11H,7-8H2,1-2H3,(H3,14,15,16,17)/t10-,11-/m0/s1. The second-order valence-electron chi connectivity index (χ2n) is 4.97.